The number of hydrogen-bond donors (Lipinski definition) is 1. The fourth-order valence-electron chi connectivity index (χ4n) is 2.65. The minimum absolute atomic E-state index is 0.0291. The summed E-state index contributed by atoms with van der Waals surface area (Å²) >= 11 is 0. The van der Waals surface area contributed by atoms with Crippen LogP contribution in [0.3, 0.4) is 0 Å². The molecule has 6 heteroatoms. The third-order valence-corrected chi connectivity index (χ3v) is 3.60. The van der Waals surface area contributed by atoms with Crippen molar-refractivity contribution in [3.63, 3.8) is 0 Å². The molecule has 1 saturated heterocycles. The van der Waals surface area contributed by atoms with E-state index in [2.05, 4.69) is 0 Å². The molecular formula is C14H17F3N2O. The molecule has 2 N–H and O–H groups in total. The molecule has 1 aromatic carbocycles. The fourth-order valence-corrected chi connectivity index (χ4v) is 2.65. The van der Waals surface area contributed by atoms with E-state index in [-0.39, 0.29) is 12.6 Å². The van der Waals surface area contributed by atoms with Gasteiger partial charge in [-0.25, -0.2) is 0 Å². The highest BCUT2D eigenvalue weighted by atomic mass is 19.4. The number of amides is 1. The second kappa shape index (κ2) is 5.83. The predicted octanol–water partition coefficient (Wildman–Crippen LogP) is 2.72. The Morgan fingerprint density at radius 3 is 2.45 bits per heavy atom. The summed E-state index contributed by atoms with van der Waals surface area (Å²) in [4.78, 5) is 13.0. The molecule has 1 aromatic rings. The zero-order valence-electron chi connectivity index (χ0n) is 11.0. The van der Waals surface area contributed by atoms with Crippen molar-refractivity contribution in [1.29, 1.82) is 0 Å². The van der Waals surface area contributed by atoms with Gasteiger partial charge in [0.15, 0.2) is 0 Å². The highest BCUT2D eigenvalue weighted by Gasteiger charge is 2.31. The second-order valence-electron chi connectivity index (χ2n) is 5.07. The second-order valence-corrected chi connectivity index (χ2v) is 5.07. The lowest BCUT2D eigenvalue weighted by molar-refractivity contribution is -0.137. The molecule has 1 amide bonds. The van der Waals surface area contributed by atoms with Crippen LogP contribution in [0.1, 0.15) is 36.4 Å². The lowest BCUT2D eigenvalue weighted by Gasteiger charge is -2.35. The molecule has 0 radical (unpaired) electrons. The Morgan fingerprint density at radius 2 is 1.90 bits per heavy atom. The molecule has 1 atom stereocenters. The van der Waals surface area contributed by atoms with E-state index in [4.69, 9.17) is 5.73 Å². The molecule has 1 heterocycles. The predicted molar refractivity (Wildman–Crippen MR) is 68.8 cm³/mol. The van der Waals surface area contributed by atoms with Crippen LogP contribution in [0.25, 0.3) is 0 Å². The van der Waals surface area contributed by atoms with E-state index in [1.165, 1.54) is 12.1 Å². The van der Waals surface area contributed by atoms with Gasteiger partial charge < -0.3 is 5.73 Å². The molecular weight excluding hydrogens is 269 g/mol. The summed E-state index contributed by atoms with van der Waals surface area (Å²) < 4.78 is 37.6. The van der Waals surface area contributed by atoms with Crippen molar-refractivity contribution >= 4 is 5.91 Å². The maximum atomic E-state index is 12.5. The van der Waals surface area contributed by atoms with E-state index in [1.54, 1.807) is 0 Å². The van der Waals surface area contributed by atoms with Crippen LogP contribution in [-0.2, 0) is 11.0 Å². The van der Waals surface area contributed by atoms with Crippen molar-refractivity contribution in [2.75, 3.05) is 13.1 Å². The minimum Gasteiger partial charge on any atom is -0.369 e. The fraction of sp³-hybridized carbons (Fsp3) is 0.500. The Labute approximate surface area is 115 Å². The molecule has 0 saturated carbocycles. The molecule has 1 aliphatic heterocycles. The molecule has 0 bridgehead atoms. The number of benzene rings is 1. The van der Waals surface area contributed by atoms with Crippen LogP contribution in [0.4, 0.5) is 13.2 Å². The molecule has 1 aliphatic rings. The first-order valence-corrected chi connectivity index (χ1v) is 6.57. The van der Waals surface area contributed by atoms with Gasteiger partial charge in [0.25, 0.3) is 0 Å². The zero-order valence-corrected chi connectivity index (χ0v) is 11.0. The van der Waals surface area contributed by atoms with E-state index in [1.807, 2.05) is 4.90 Å². The van der Waals surface area contributed by atoms with Crippen molar-refractivity contribution < 1.29 is 18.0 Å². The zero-order chi connectivity index (χ0) is 14.8. The molecule has 2 rings (SSSR count). The number of carbonyl (C=O) groups excluding carboxylic acids is 1. The summed E-state index contributed by atoms with van der Waals surface area (Å²) in [5, 5.41) is 0. The number of primary amides is 1. The maximum Gasteiger partial charge on any atom is 0.416 e. The van der Waals surface area contributed by atoms with Crippen molar-refractivity contribution in [3.8, 4) is 0 Å². The van der Waals surface area contributed by atoms with Gasteiger partial charge in [0.05, 0.1) is 12.1 Å². The van der Waals surface area contributed by atoms with Crippen molar-refractivity contribution in [2.24, 2.45) is 5.73 Å². The first-order valence-electron chi connectivity index (χ1n) is 6.57. The topological polar surface area (TPSA) is 46.3 Å². The Kier molecular flexibility index (Phi) is 4.32. The number of hydrogen-bond acceptors (Lipinski definition) is 2. The van der Waals surface area contributed by atoms with E-state index in [0.29, 0.717) is 0 Å². The Hall–Kier alpha value is -1.56. The Morgan fingerprint density at radius 1 is 1.25 bits per heavy atom. The van der Waals surface area contributed by atoms with E-state index < -0.39 is 17.6 Å². The van der Waals surface area contributed by atoms with Crippen molar-refractivity contribution in [3.05, 3.63) is 35.4 Å². The van der Waals surface area contributed by atoms with Crippen LogP contribution in [0.5, 0.6) is 0 Å². The molecule has 1 unspecified atom stereocenters. The van der Waals surface area contributed by atoms with Gasteiger partial charge in [-0.2, -0.15) is 13.2 Å². The van der Waals surface area contributed by atoms with Crippen LogP contribution >= 0.6 is 0 Å². The molecule has 0 aromatic heterocycles. The smallest absolute Gasteiger partial charge is 0.369 e. The van der Waals surface area contributed by atoms with Gasteiger partial charge in [0.1, 0.15) is 0 Å². The van der Waals surface area contributed by atoms with Crippen LogP contribution in [-0.4, -0.2) is 23.9 Å². The largest absolute Gasteiger partial charge is 0.416 e. The molecule has 3 nitrogen and oxygen atoms in total. The normalized spacial score (nSPS) is 20.9. The molecule has 110 valence electrons. The number of rotatable bonds is 3. The quantitative estimate of drug-likeness (QED) is 0.928. The maximum absolute atomic E-state index is 12.5. The monoisotopic (exact) mass is 286 g/mol. The van der Waals surface area contributed by atoms with Crippen LogP contribution in [0.2, 0.25) is 0 Å². The summed E-state index contributed by atoms with van der Waals surface area (Å²) in [6, 6.07) is 5.14. The standard InChI is InChI=1S/C14H17F3N2O/c15-14(16,17)11-6-4-10(5-7-11)12-3-1-2-8-19(12)9-13(18)20/h4-7,12H,1-3,8-9H2,(H2,18,20). The lowest BCUT2D eigenvalue weighted by atomic mass is 9.94. The van der Waals surface area contributed by atoms with E-state index in [0.717, 1.165) is 43.5 Å². The molecule has 1 fully saturated rings. The first kappa shape index (κ1) is 14.8. The van der Waals surface area contributed by atoms with Crippen LogP contribution in [0, 0.1) is 0 Å². The lowest BCUT2D eigenvalue weighted by Crippen LogP contribution is -2.39. The van der Waals surface area contributed by atoms with E-state index >= 15 is 0 Å². The average molecular weight is 286 g/mol. The number of halogens is 3. The van der Waals surface area contributed by atoms with Crippen molar-refractivity contribution in [1.82, 2.24) is 4.90 Å². The molecule has 0 aliphatic carbocycles. The van der Waals surface area contributed by atoms with Crippen LogP contribution in [0.15, 0.2) is 24.3 Å². The van der Waals surface area contributed by atoms with Gasteiger partial charge in [0.2, 0.25) is 5.91 Å². The third kappa shape index (κ3) is 3.50. The number of likely N-dealkylation sites (tertiary alicyclic amines) is 1. The molecule has 0 spiro atoms. The van der Waals surface area contributed by atoms with Gasteiger partial charge in [0, 0.05) is 6.04 Å². The molecule has 20 heavy (non-hydrogen) atoms. The first-order chi connectivity index (χ1) is 9.38. The Bertz CT molecular complexity index is 470. The van der Waals surface area contributed by atoms with E-state index in [9.17, 15) is 18.0 Å². The van der Waals surface area contributed by atoms with Crippen LogP contribution < -0.4 is 5.73 Å². The summed E-state index contributed by atoms with van der Waals surface area (Å²) in [7, 11) is 0. The van der Waals surface area contributed by atoms with Gasteiger partial charge in [-0.05, 0) is 37.1 Å². The average Bonchev–Trinajstić information content (AvgIpc) is 2.38. The summed E-state index contributed by atoms with van der Waals surface area (Å²) in [5.41, 5.74) is 5.37. The van der Waals surface area contributed by atoms with Gasteiger partial charge in [-0.1, -0.05) is 18.6 Å². The number of nitrogens with zero attached hydrogens (tertiary/aromatic N) is 1. The summed E-state index contributed by atoms with van der Waals surface area (Å²) in [6.07, 6.45) is -1.51. The number of alkyl halides is 3. The number of piperidine rings is 1. The summed E-state index contributed by atoms with van der Waals surface area (Å²) in [5.74, 6) is -0.413. The van der Waals surface area contributed by atoms with Gasteiger partial charge >= 0.3 is 6.18 Å². The third-order valence-electron chi connectivity index (χ3n) is 3.60. The highest BCUT2D eigenvalue weighted by molar-refractivity contribution is 5.76. The van der Waals surface area contributed by atoms with Gasteiger partial charge in [-0.3, -0.25) is 9.69 Å². The SMILES string of the molecule is NC(=O)CN1CCCCC1c1ccc(C(F)(F)F)cc1. The minimum atomic E-state index is -4.32. The van der Waals surface area contributed by atoms with Gasteiger partial charge in [-0.15, -0.1) is 0 Å². The van der Waals surface area contributed by atoms with Crippen molar-refractivity contribution in [2.45, 2.75) is 31.5 Å². The number of carbonyl (C=O) groups is 1. The Balaban J connectivity index is 2.17. The number of nitrogens with two attached hydrogens (primary N) is 1. The highest BCUT2D eigenvalue weighted by Crippen LogP contribution is 2.33. The summed E-state index contributed by atoms with van der Waals surface area (Å²) in [6.45, 7) is 0.889.